The highest BCUT2D eigenvalue weighted by Gasteiger charge is 2.17. The van der Waals surface area contributed by atoms with Crippen LogP contribution in [0.15, 0.2) is 52.9 Å². The fourth-order valence-electron chi connectivity index (χ4n) is 2.22. The summed E-state index contributed by atoms with van der Waals surface area (Å²) in [5, 5.41) is 14.8. The van der Waals surface area contributed by atoms with Crippen molar-refractivity contribution in [3.05, 3.63) is 54.1 Å². The Morgan fingerprint density at radius 1 is 1.15 bits per heavy atom. The zero-order valence-corrected chi connectivity index (χ0v) is 16.9. The lowest BCUT2D eigenvalue weighted by atomic mass is 10.2. The average Bonchev–Trinajstić information content (AvgIpc) is 3.10. The van der Waals surface area contributed by atoms with Crippen LogP contribution in [0.4, 0.5) is 16.5 Å². The van der Waals surface area contributed by atoms with Gasteiger partial charge in [-0.05, 0) is 38.1 Å². The fourth-order valence-corrected chi connectivity index (χ4v) is 4.13. The van der Waals surface area contributed by atoms with Crippen LogP contribution in [0.1, 0.15) is 12.5 Å². The summed E-state index contributed by atoms with van der Waals surface area (Å²) in [4.78, 5) is 12.4. The highest BCUT2D eigenvalue weighted by molar-refractivity contribution is 8.02. The van der Waals surface area contributed by atoms with Gasteiger partial charge in [-0.2, -0.15) is 0 Å². The normalized spacial score (nSPS) is 11.7. The molecule has 2 aromatic carbocycles. The van der Waals surface area contributed by atoms with Crippen molar-refractivity contribution in [2.75, 3.05) is 17.7 Å². The standard InChI is InChI=1S/C19H20N4O2S2/c1-12-7-9-14(10-8-12)21-18-22-23-19(27-18)26-13(2)17(24)20-15-5-4-6-16(11-15)25-3/h4-11,13H,1-3H3,(H,20,24)(H,21,22)/t13-/m1/s1. The Bertz CT molecular complexity index is 912. The average molecular weight is 401 g/mol. The van der Waals surface area contributed by atoms with E-state index < -0.39 is 0 Å². The predicted octanol–water partition coefficient (Wildman–Crippen LogP) is 4.72. The SMILES string of the molecule is COc1cccc(NC(=O)[C@@H](C)Sc2nnc(Nc3ccc(C)cc3)s2)c1. The van der Waals surface area contributed by atoms with Crippen LogP contribution < -0.4 is 15.4 Å². The number of carbonyl (C=O) groups excluding carboxylic acids is 1. The van der Waals surface area contributed by atoms with E-state index in [1.165, 1.54) is 28.7 Å². The number of aryl methyl sites for hydroxylation is 1. The Hall–Kier alpha value is -2.58. The van der Waals surface area contributed by atoms with E-state index in [-0.39, 0.29) is 11.2 Å². The van der Waals surface area contributed by atoms with Crippen LogP contribution in [0.2, 0.25) is 0 Å². The zero-order valence-electron chi connectivity index (χ0n) is 15.2. The molecule has 0 aliphatic heterocycles. The van der Waals surface area contributed by atoms with Crippen molar-refractivity contribution in [1.82, 2.24) is 10.2 Å². The van der Waals surface area contributed by atoms with Gasteiger partial charge in [0.25, 0.3) is 0 Å². The van der Waals surface area contributed by atoms with Gasteiger partial charge < -0.3 is 15.4 Å². The van der Waals surface area contributed by atoms with Gasteiger partial charge in [-0.25, -0.2) is 0 Å². The monoisotopic (exact) mass is 400 g/mol. The number of methoxy groups -OCH3 is 1. The highest BCUT2D eigenvalue weighted by Crippen LogP contribution is 2.31. The minimum atomic E-state index is -0.309. The van der Waals surface area contributed by atoms with Gasteiger partial charge in [-0.3, -0.25) is 4.79 Å². The molecule has 1 amide bonds. The number of thioether (sulfide) groups is 1. The smallest absolute Gasteiger partial charge is 0.237 e. The summed E-state index contributed by atoms with van der Waals surface area (Å²) in [6.07, 6.45) is 0. The van der Waals surface area contributed by atoms with Crippen LogP contribution in [0.5, 0.6) is 5.75 Å². The van der Waals surface area contributed by atoms with Crippen molar-refractivity contribution in [1.29, 1.82) is 0 Å². The quantitative estimate of drug-likeness (QED) is 0.559. The van der Waals surface area contributed by atoms with E-state index in [0.717, 1.165) is 10.0 Å². The molecule has 27 heavy (non-hydrogen) atoms. The Kier molecular flexibility index (Phi) is 6.31. The van der Waals surface area contributed by atoms with Gasteiger partial charge in [-0.1, -0.05) is 46.9 Å². The van der Waals surface area contributed by atoms with E-state index in [1.807, 2.05) is 56.3 Å². The molecule has 8 heteroatoms. The minimum Gasteiger partial charge on any atom is -0.497 e. The summed E-state index contributed by atoms with van der Waals surface area (Å²) >= 11 is 2.80. The third-order valence-electron chi connectivity index (χ3n) is 3.69. The van der Waals surface area contributed by atoms with Crippen molar-refractivity contribution in [3.63, 3.8) is 0 Å². The number of benzene rings is 2. The molecule has 0 unspecified atom stereocenters. The van der Waals surface area contributed by atoms with Crippen LogP contribution in [-0.4, -0.2) is 28.5 Å². The number of hydrogen-bond donors (Lipinski definition) is 2. The largest absolute Gasteiger partial charge is 0.497 e. The first kappa shape index (κ1) is 19.2. The lowest BCUT2D eigenvalue weighted by Crippen LogP contribution is -2.22. The third-order valence-corrected chi connectivity index (χ3v) is 5.72. The molecule has 0 saturated heterocycles. The Morgan fingerprint density at radius 3 is 2.67 bits per heavy atom. The zero-order chi connectivity index (χ0) is 19.2. The Balaban J connectivity index is 1.57. The number of ether oxygens (including phenoxy) is 1. The van der Waals surface area contributed by atoms with Crippen molar-refractivity contribution >= 4 is 45.5 Å². The first-order valence-corrected chi connectivity index (χ1v) is 10.0. The van der Waals surface area contributed by atoms with Crippen LogP contribution in [0.25, 0.3) is 0 Å². The van der Waals surface area contributed by atoms with E-state index in [4.69, 9.17) is 4.74 Å². The number of nitrogens with zero attached hydrogens (tertiary/aromatic N) is 2. The van der Waals surface area contributed by atoms with Gasteiger partial charge in [0.05, 0.1) is 12.4 Å². The summed E-state index contributed by atoms with van der Waals surface area (Å²) in [5.41, 5.74) is 2.85. The molecule has 1 aromatic heterocycles. The van der Waals surface area contributed by atoms with Gasteiger partial charge >= 0.3 is 0 Å². The minimum absolute atomic E-state index is 0.100. The summed E-state index contributed by atoms with van der Waals surface area (Å²) in [6, 6.07) is 15.3. The summed E-state index contributed by atoms with van der Waals surface area (Å²) in [7, 11) is 1.59. The van der Waals surface area contributed by atoms with Gasteiger partial charge in [-0.15, -0.1) is 10.2 Å². The maximum Gasteiger partial charge on any atom is 0.237 e. The number of rotatable bonds is 7. The van der Waals surface area contributed by atoms with Crippen molar-refractivity contribution in [2.24, 2.45) is 0 Å². The summed E-state index contributed by atoms with van der Waals surface area (Å²) in [6.45, 7) is 3.88. The number of aromatic nitrogens is 2. The molecule has 0 saturated carbocycles. The molecule has 3 aromatic rings. The lowest BCUT2D eigenvalue weighted by molar-refractivity contribution is -0.115. The molecule has 1 heterocycles. The second-order valence-corrected chi connectivity index (χ2v) is 8.41. The maximum absolute atomic E-state index is 12.4. The second-order valence-electron chi connectivity index (χ2n) is 5.85. The number of amides is 1. The number of anilines is 3. The van der Waals surface area contributed by atoms with Crippen LogP contribution >= 0.6 is 23.1 Å². The number of hydrogen-bond acceptors (Lipinski definition) is 7. The van der Waals surface area contributed by atoms with E-state index in [2.05, 4.69) is 20.8 Å². The van der Waals surface area contributed by atoms with E-state index in [1.54, 1.807) is 13.2 Å². The van der Waals surface area contributed by atoms with Crippen molar-refractivity contribution < 1.29 is 9.53 Å². The molecule has 0 aliphatic carbocycles. The van der Waals surface area contributed by atoms with E-state index in [9.17, 15) is 4.79 Å². The molecule has 2 N–H and O–H groups in total. The molecule has 0 aliphatic rings. The molecule has 0 spiro atoms. The Morgan fingerprint density at radius 2 is 1.93 bits per heavy atom. The van der Waals surface area contributed by atoms with Crippen molar-refractivity contribution in [3.8, 4) is 5.75 Å². The lowest BCUT2D eigenvalue weighted by Gasteiger charge is -2.11. The molecule has 140 valence electrons. The first-order valence-electron chi connectivity index (χ1n) is 8.32. The molecular formula is C19H20N4O2S2. The van der Waals surface area contributed by atoms with Crippen LogP contribution in [-0.2, 0) is 4.79 Å². The number of carbonyl (C=O) groups is 1. The van der Waals surface area contributed by atoms with E-state index in [0.29, 0.717) is 16.6 Å². The van der Waals surface area contributed by atoms with Gasteiger partial charge in [0.1, 0.15) is 5.75 Å². The summed E-state index contributed by atoms with van der Waals surface area (Å²) in [5.74, 6) is 0.598. The molecule has 6 nitrogen and oxygen atoms in total. The topological polar surface area (TPSA) is 76.1 Å². The maximum atomic E-state index is 12.4. The Labute approximate surface area is 166 Å². The van der Waals surface area contributed by atoms with Crippen LogP contribution in [0.3, 0.4) is 0 Å². The van der Waals surface area contributed by atoms with Gasteiger partial charge in [0, 0.05) is 17.4 Å². The van der Waals surface area contributed by atoms with Gasteiger partial charge in [0.2, 0.25) is 11.0 Å². The second kappa shape index (κ2) is 8.88. The fraction of sp³-hybridized carbons (Fsp3) is 0.211. The third kappa shape index (κ3) is 5.45. The van der Waals surface area contributed by atoms with Gasteiger partial charge in [0.15, 0.2) is 4.34 Å². The highest BCUT2D eigenvalue weighted by atomic mass is 32.2. The molecule has 0 radical (unpaired) electrons. The molecule has 0 fully saturated rings. The summed E-state index contributed by atoms with van der Waals surface area (Å²) < 4.78 is 5.90. The predicted molar refractivity (Wildman–Crippen MR) is 111 cm³/mol. The molecule has 1 atom stereocenters. The number of nitrogens with one attached hydrogen (secondary N) is 2. The van der Waals surface area contributed by atoms with E-state index >= 15 is 0 Å². The molecule has 0 bridgehead atoms. The molecule has 3 rings (SSSR count). The van der Waals surface area contributed by atoms with Crippen LogP contribution in [0, 0.1) is 6.92 Å². The first-order chi connectivity index (χ1) is 13.0. The van der Waals surface area contributed by atoms with Crippen molar-refractivity contribution in [2.45, 2.75) is 23.4 Å². The molecular weight excluding hydrogens is 380 g/mol.